The lowest BCUT2D eigenvalue weighted by Gasteiger charge is -2.34. The molecule has 0 bridgehead atoms. The summed E-state index contributed by atoms with van der Waals surface area (Å²) in [5, 5.41) is 1.10. The van der Waals surface area contributed by atoms with Crippen molar-refractivity contribution in [3.63, 3.8) is 0 Å². The molecular formula is C27H25FN4OS. The molecular weight excluding hydrogens is 447 g/mol. The second kappa shape index (κ2) is 10.2. The normalized spacial score (nSPS) is 14.3. The van der Waals surface area contributed by atoms with Gasteiger partial charge in [-0.1, -0.05) is 30.3 Å². The van der Waals surface area contributed by atoms with Gasteiger partial charge in [0.1, 0.15) is 5.82 Å². The fraction of sp³-hybridized carbons (Fsp3) is 0.185. The van der Waals surface area contributed by atoms with Crippen LogP contribution in [0.3, 0.4) is 0 Å². The second-order valence-electron chi connectivity index (χ2n) is 8.31. The topological polar surface area (TPSA) is 48.5 Å². The maximum atomic E-state index is 13.4. The van der Waals surface area contributed by atoms with Gasteiger partial charge in [0.15, 0.2) is 0 Å². The molecule has 0 atom stereocenters. The number of halogens is 1. The van der Waals surface area contributed by atoms with Crippen LogP contribution in [-0.2, 0) is 6.54 Å². The van der Waals surface area contributed by atoms with Crippen LogP contribution in [0.25, 0.3) is 10.9 Å². The van der Waals surface area contributed by atoms with Crippen molar-refractivity contribution in [2.24, 2.45) is 0 Å². The maximum Gasteiger partial charge on any atom is 0.253 e. The van der Waals surface area contributed by atoms with Crippen molar-refractivity contribution >= 4 is 34.4 Å². The van der Waals surface area contributed by atoms with E-state index in [1.165, 1.54) is 18.0 Å². The van der Waals surface area contributed by atoms with Gasteiger partial charge in [-0.3, -0.25) is 14.7 Å². The van der Waals surface area contributed by atoms with Gasteiger partial charge in [-0.2, -0.15) is 0 Å². The maximum absolute atomic E-state index is 13.4. The fourth-order valence-electron chi connectivity index (χ4n) is 4.14. The number of carbonyl (C=O) groups is 1. The second-order valence-corrected chi connectivity index (χ2v) is 9.16. The molecule has 1 amide bonds. The number of carbonyl (C=O) groups excluding carboxylic acids is 1. The molecule has 3 aromatic carbocycles. The third kappa shape index (κ3) is 5.21. The van der Waals surface area contributed by atoms with Crippen LogP contribution in [0.2, 0.25) is 0 Å². The molecule has 34 heavy (non-hydrogen) atoms. The van der Waals surface area contributed by atoms with Crippen LogP contribution >= 0.6 is 11.9 Å². The molecule has 1 N–H and O–H groups in total. The Morgan fingerprint density at radius 3 is 2.50 bits per heavy atom. The minimum absolute atomic E-state index is 0.0443. The minimum Gasteiger partial charge on any atom is -0.336 e. The standard InChI is InChI=1S/C27H25FN4OS/c28-23-7-1-4-20(18-23)19-31-14-16-32(17-15-31)27(33)22-9-11-24(12-10-22)30-34-25-8-2-5-21-6-3-13-29-26(21)25/h1-13,18,30H,14-17,19H2. The summed E-state index contributed by atoms with van der Waals surface area (Å²) in [6, 6.07) is 24.4. The summed E-state index contributed by atoms with van der Waals surface area (Å²) in [5.41, 5.74) is 3.53. The van der Waals surface area contributed by atoms with Crippen LogP contribution in [0, 0.1) is 5.82 Å². The van der Waals surface area contributed by atoms with Gasteiger partial charge in [0.25, 0.3) is 5.91 Å². The number of benzene rings is 3. The number of piperazine rings is 1. The Kier molecular flexibility index (Phi) is 6.74. The van der Waals surface area contributed by atoms with E-state index >= 15 is 0 Å². The molecule has 1 saturated heterocycles. The van der Waals surface area contributed by atoms with Crippen LogP contribution in [0.4, 0.5) is 10.1 Å². The van der Waals surface area contributed by atoms with Gasteiger partial charge in [0, 0.05) is 55.6 Å². The first-order valence-electron chi connectivity index (χ1n) is 11.3. The van der Waals surface area contributed by atoms with Gasteiger partial charge < -0.3 is 9.62 Å². The minimum atomic E-state index is -0.212. The third-order valence-corrected chi connectivity index (χ3v) is 6.85. The van der Waals surface area contributed by atoms with Crippen molar-refractivity contribution in [3.8, 4) is 0 Å². The number of nitrogens with zero attached hydrogens (tertiary/aromatic N) is 3. The zero-order valence-electron chi connectivity index (χ0n) is 18.7. The van der Waals surface area contributed by atoms with Crippen molar-refractivity contribution in [2.75, 3.05) is 30.9 Å². The van der Waals surface area contributed by atoms with E-state index in [1.807, 2.05) is 65.6 Å². The number of fused-ring (bicyclic) bond motifs is 1. The van der Waals surface area contributed by atoms with Crippen molar-refractivity contribution in [2.45, 2.75) is 11.4 Å². The monoisotopic (exact) mass is 472 g/mol. The molecule has 1 fully saturated rings. The summed E-state index contributed by atoms with van der Waals surface area (Å²) in [6.45, 7) is 3.58. The smallest absolute Gasteiger partial charge is 0.253 e. The highest BCUT2D eigenvalue weighted by molar-refractivity contribution is 8.00. The van der Waals surface area contributed by atoms with E-state index in [2.05, 4.69) is 14.6 Å². The Balaban J connectivity index is 1.15. The summed E-state index contributed by atoms with van der Waals surface area (Å²) in [7, 11) is 0. The number of pyridine rings is 1. The number of para-hydroxylation sites is 1. The molecule has 0 radical (unpaired) electrons. The molecule has 0 spiro atoms. The molecule has 2 heterocycles. The van der Waals surface area contributed by atoms with E-state index in [1.54, 1.807) is 18.3 Å². The van der Waals surface area contributed by atoms with Crippen LogP contribution in [-0.4, -0.2) is 46.9 Å². The van der Waals surface area contributed by atoms with Gasteiger partial charge in [-0.15, -0.1) is 0 Å². The van der Waals surface area contributed by atoms with E-state index in [-0.39, 0.29) is 11.7 Å². The van der Waals surface area contributed by atoms with Gasteiger partial charge >= 0.3 is 0 Å². The molecule has 7 heteroatoms. The summed E-state index contributed by atoms with van der Waals surface area (Å²) < 4.78 is 16.8. The molecule has 0 unspecified atom stereocenters. The lowest BCUT2D eigenvalue weighted by atomic mass is 10.1. The fourth-order valence-corrected chi connectivity index (χ4v) is 4.92. The highest BCUT2D eigenvalue weighted by Crippen LogP contribution is 2.27. The lowest BCUT2D eigenvalue weighted by molar-refractivity contribution is 0.0628. The number of anilines is 1. The molecule has 1 aliphatic rings. The molecule has 5 nitrogen and oxygen atoms in total. The Labute approximate surface area is 202 Å². The number of hydrogen-bond acceptors (Lipinski definition) is 5. The average Bonchev–Trinajstić information content (AvgIpc) is 2.88. The van der Waals surface area contributed by atoms with Crippen molar-refractivity contribution < 1.29 is 9.18 Å². The number of amides is 1. The molecule has 1 aromatic heterocycles. The van der Waals surface area contributed by atoms with Crippen LogP contribution in [0.1, 0.15) is 15.9 Å². The summed E-state index contributed by atoms with van der Waals surface area (Å²) in [4.78, 5) is 22.6. The Morgan fingerprint density at radius 2 is 1.71 bits per heavy atom. The first-order valence-corrected chi connectivity index (χ1v) is 12.1. The number of rotatable bonds is 6. The third-order valence-electron chi connectivity index (χ3n) is 5.96. The van der Waals surface area contributed by atoms with Gasteiger partial charge in [0.2, 0.25) is 0 Å². The number of aromatic nitrogens is 1. The van der Waals surface area contributed by atoms with Crippen LogP contribution < -0.4 is 4.72 Å². The van der Waals surface area contributed by atoms with E-state index in [4.69, 9.17) is 0 Å². The van der Waals surface area contributed by atoms with E-state index in [0.29, 0.717) is 25.2 Å². The molecule has 0 aliphatic carbocycles. The van der Waals surface area contributed by atoms with Gasteiger partial charge in [0.05, 0.1) is 10.4 Å². The summed E-state index contributed by atoms with van der Waals surface area (Å²) in [5.74, 6) is -0.167. The lowest BCUT2D eigenvalue weighted by Crippen LogP contribution is -2.48. The Hall–Kier alpha value is -3.42. The molecule has 1 aliphatic heterocycles. The van der Waals surface area contributed by atoms with E-state index in [0.717, 1.165) is 40.1 Å². The summed E-state index contributed by atoms with van der Waals surface area (Å²) in [6.07, 6.45) is 1.80. The van der Waals surface area contributed by atoms with Crippen LogP contribution in [0.15, 0.2) is 90.0 Å². The highest BCUT2D eigenvalue weighted by Gasteiger charge is 2.22. The Morgan fingerprint density at radius 1 is 0.941 bits per heavy atom. The predicted molar refractivity (Wildman–Crippen MR) is 135 cm³/mol. The zero-order chi connectivity index (χ0) is 23.3. The highest BCUT2D eigenvalue weighted by atomic mass is 32.2. The quantitative estimate of drug-likeness (QED) is 0.378. The molecule has 0 saturated carbocycles. The van der Waals surface area contributed by atoms with Gasteiger partial charge in [-0.25, -0.2) is 4.39 Å². The number of nitrogens with one attached hydrogen (secondary N) is 1. The first kappa shape index (κ1) is 22.4. The molecule has 4 aromatic rings. The zero-order valence-corrected chi connectivity index (χ0v) is 19.5. The largest absolute Gasteiger partial charge is 0.336 e. The Bertz CT molecular complexity index is 1280. The van der Waals surface area contributed by atoms with Crippen molar-refractivity contribution in [1.82, 2.24) is 14.8 Å². The van der Waals surface area contributed by atoms with E-state index in [9.17, 15) is 9.18 Å². The van der Waals surface area contributed by atoms with Crippen LogP contribution in [0.5, 0.6) is 0 Å². The number of hydrogen-bond donors (Lipinski definition) is 1. The summed E-state index contributed by atoms with van der Waals surface area (Å²) >= 11 is 1.51. The van der Waals surface area contributed by atoms with E-state index < -0.39 is 0 Å². The average molecular weight is 473 g/mol. The van der Waals surface area contributed by atoms with Crippen molar-refractivity contribution in [1.29, 1.82) is 0 Å². The van der Waals surface area contributed by atoms with Crippen molar-refractivity contribution in [3.05, 3.63) is 102 Å². The molecule has 172 valence electrons. The molecule has 5 rings (SSSR count). The first-order chi connectivity index (χ1) is 16.7. The predicted octanol–water partition coefficient (Wildman–Crippen LogP) is 5.45. The SMILES string of the molecule is O=C(c1ccc(NSc2cccc3cccnc23)cc1)N1CCN(Cc2cccc(F)c2)CC1. The van der Waals surface area contributed by atoms with Gasteiger partial charge in [-0.05, 0) is 66.0 Å².